The smallest absolute Gasteiger partial charge is 0.261 e. The van der Waals surface area contributed by atoms with Crippen LogP contribution in [0.2, 0.25) is 10.1 Å². The van der Waals surface area contributed by atoms with Crippen molar-refractivity contribution < 1.29 is 18.3 Å². The summed E-state index contributed by atoms with van der Waals surface area (Å²) in [5, 5.41) is 4.74. The van der Waals surface area contributed by atoms with E-state index in [4.69, 9.17) is 34.0 Å². The Labute approximate surface area is 339 Å². The average Bonchev–Trinajstić information content (AvgIpc) is 3.61. The maximum Gasteiger partial charge on any atom is 0.261 e. The van der Waals surface area contributed by atoms with Crippen LogP contribution in [0.25, 0.3) is 11.2 Å². The van der Waals surface area contributed by atoms with E-state index in [1.165, 1.54) is 20.7 Å². The highest BCUT2D eigenvalue weighted by atomic mass is 28.4. The van der Waals surface area contributed by atoms with Gasteiger partial charge in [0.05, 0.1) is 12.9 Å². The molecule has 298 valence electrons. The highest BCUT2D eigenvalue weighted by molar-refractivity contribution is 7.00. The quantitative estimate of drug-likeness (QED) is 0.0898. The Bertz CT molecular complexity index is 2130. The number of rotatable bonds is 15. The van der Waals surface area contributed by atoms with Crippen molar-refractivity contribution in [2.75, 3.05) is 39.3 Å². The fourth-order valence-electron chi connectivity index (χ4n) is 8.98. The number of ether oxygens (including phenoxy) is 2. The van der Waals surface area contributed by atoms with E-state index < -0.39 is 16.6 Å². The van der Waals surface area contributed by atoms with Crippen molar-refractivity contribution in [2.45, 2.75) is 64.1 Å². The molecule has 1 aliphatic rings. The molecule has 6 aromatic rings. The SMILES string of the molecule is COCCOc1nc(N)nc2c1ncn2[C@H]1C[C@H](CO[Si](c2ccccc2)(c2ccccc2)C(C)(C)C)[C@@H]1CO[Si](c1ccccc1)(c1ccccc1)C(C)(C)C. The molecule has 1 fully saturated rings. The number of aromatic nitrogens is 4. The molecule has 1 aliphatic carbocycles. The molecule has 0 amide bonds. The molecule has 4 aromatic carbocycles. The Morgan fingerprint density at radius 1 is 0.649 bits per heavy atom. The van der Waals surface area contributed by atoms with Gasteiger partial charge in [0.15, 0.2) is 11.2 Å². The number of imidazole rings is 1. The first-order valence-electron chi connectivity index (χ1n) is 20.0. The standard InChI is InChI=1S/C46H57N5O4Si2/c1-45(2,3)56(35-20-12-8-13-21-35,36-22-14-9-15-23-36)54-31-34-30-40(51-33-48-41-42(51)49-44(47)50-43(41)53-29-28-52-7)39(34)32-55-57(46(4,5)6,37-24-16-10-17-25-37)38-26-18-11-19-27-38/h8-27,33-34,39-40H,28-32H2,1-7H3,(H2,47,49,50)/t34-,39+,40+/m1/s1. The van der Waals surface area contributed by atoms with Gasteiger partial charge in [-0.2, -0.15) is 9.97 Å². The van der Waals surface area contributed by atoms with Gasteiger partial charge < -0.3 is 28.6 Å². The second kappa shape index (κ2) is 16.7. The van der Waals surface area contributed by atoms with Crippen molar-refractivity contribution in [3.8, 4) is 5.88 Å². The van der Waals surface area contributed by atoms with Gasteiger partial charge in [0.2, 0.25) is 11.8 Å². The van der Waals surface area contributed by atoms with E-state index in [2.05, 4.69) is 172 Å². The van der Waals surface area contributed by atoms with Crippen LogP contribution in [0.1, 0.15) is 54.0 Å². The van der Waals surface area contributed by atoms with E-state index in [1.807, 2.05) is 6.33 Å². The molecular formula is C46H57N5O4Si2. The van der Waals surface area contributed by atoms with Gasteiger partial charge in [0.25, 0.3) is 16.6 Å². The van der Waals surface area contributed by atoms with E-state index in [-0.39, 0.29) is 33.9 Å². The van der Waals surface area contributed by atoms with Crippen LogP contribution in [0.4, 0.5) is 5.95 Å². The van der Waals surface area contributed by atoms with E-state index in [0.29, 0.717) is 43.5 Å². The second-order valence-electron chi connectivity index (χ2n) is 17.2. The minimum atomic E-state index is -2.86. The molecule has 57 heavy (non-hydrogen) atoms. The molecule has 0 radical (unpaired) electrons. The summed E-state index contributed by atoms with van der Waals surface area (Å²) in [7, 11) is -4.01. The molecule has 2 heterocycles. The first kappa shape index (κ1) is 40.5. The van der Waals surface area contributed by atoms with Crippen LogP contribution in [-0.4, -0.2) is 69.7 Å². The van der Waals surface area contributed by atoms with Gasteiger partial charge in [0.1, 0.15) is 6.61 Å². The number of methoxy groups -OCH3 is 1. The Morgan fingerprint density at radius 2 is 1.11 bits per heavy atom. The maximum absolute atomic E-state index is 7.69. The summed E-state index contributed by atoms with van der Waals surface area (Å²) in [6.07, 6.45) is 2.73. The van der Waals surface area contributed by atoms with Crippen molar-refractivity contribution in [1.29, 1.82) is 0 Å². The van der Waals surface area contributed by atoms with Gasteiger partial charge in [0, 0.05) is 32.3 Å². The normalized spacial score (nSPS) is 17.7. The van der Waals surface area contributed by atoms with Gasteiger partial charge in [-0.05, 0) is 43.2 Å². The number of benzene rings is 4. The molecule has 9 nitrogen and oxygen atoms in total. The molecule has 2 aromatic heterocycles. The van der Waals surface area contributed by atoms with Crippen molar-refractivity contribution in [1.82, 2.24) is 19.5 Å². The topological polar surface area (TPSA) is 107 Å². The summed E-state index contributed by atoms with van der Waals surface area (Å²) in [5.41, 5.74) is 7.55. The van der Waals surface area contributed by atoms with Gasteiger partial charge in [-0.15, -0.1) is 0 Å². The minimum absolute atomic E-state index is 0.0297. The highest BCUT2D eigenvalue weighted by Crippen LogP contribution is 2.48. The number of hydrogen-bond donors (Lipinski definition) is 1. The van der Waals surface area contributed by atoms with Crippen LogP contribution >= 0.6 is 0 Å². The van der Waals surface area contributed by atoms with Crippen molar-refractivity contribution in [3.05, 3.63) is 128 Å². The summed E-state index contributed by atoms with van der Waals surface area (Å²) in [4.78, 5) is 13.9. The van der Waals surface area contributed by atoms with Gasteiger partial charge in [-0.25, -0.2) is 4.98 Å². The fraction of sp³-hybridized carbons (Fsp3) is 0.370. The van der Waals surface area contributed by atoms with Crippen LogP contribution in [-0.2, 0) is 13.6 Å². The largest absolute Gasteiger partial charge is 0.474 e. The third kappa shape index (κ3) is 7.71. The molecule has 1 saturated carbocycles. The predicted octanol–water partition coefficient (Wildman–Crippen LogP) is 6.76. The number of fused-ring (bicyclic) bond motifs is 1. The summed E-state index contributed by atoms with van der Waals surface area (Å²) >= 11 is 0. The summed E-state index contributed by atoms with van der Waals surface area (Å²) in [5.74, 6) is 0.780. The zero-order valence-electron chi connectivity index (χ0n) is 34.4. The maximum atomic E-state index is 7.69. The average molecular weight is 800 g/mol. The molecule has 11 heteroatoms. The first-order chi connectivity index (χ1) is 27.4. The lowest BCUT2D eigenvalue weighted by atomic mass is 9.70. The van der Waals surface area contributed by atoms with Gasteiger partial charge in [-0.3, -0.25) is 0 Å². The number of nitrogen functional groups attached to an aromatic ring is 1. The van der Waals surface area contributed by atoms with Crippen LogP contribution in [0, 0.1) is 11.8 Å². The number of anilines is 1. The highest BCUT2D eigenvalue weighted by Gasteiger charge is 2.54. The number of hydrogen-bond acceptors (Lipinski definition) is 8. The van der Waals surface area contributed by atoms with E-state index in [1.54, 1.807) is 7.11 Å². The zero-order valence-corrected chi connectivity index (χ0v) is 36.4. The third-order valence-electron chi connectivity index (χ3n) is 11.8. The number of nitrogens with two attached hydrogens (primary N) is 1. The van der Waals surface area contributed by atoms with Crippen LogP contribution in [0.3, 0.4) is 0 Å². The Balaban J connectivity index is 1.30. The Morgan fingerprint density at radius 3 is 1.54 bits per heavy atom. The van der Waals surface area contributed by atoms with Crippen LogP contribution < -0.4 is 31.2 Å². The summed E-state index contributed by atoms with van der Waals surface area (Å²) in [6.45, 7) is 15.9. The lowest BCUT2D eigenvalue weighted by Crippen LogP contribution is -2.68. The monoisotopic (exact) mass is 799 g/mol. The van der Waals surface area contributed by atoms with Crippen LogP contribution in [0.15, 0.2) is 128 Å². The van der Waals surface area contributed by atoms with E-state index >= 15 is 0 Å². The summed E-state index contributed by atoms with van der Waals surface area (Å²) in [6, 6.07) is 43.5. The Hall–Kier alpha value is -4.66. The molecular weight excluding hydrogens is 743 g/mol. The molecule has 3 atom stereocenters. The van der Waals surface area contributed by atoms with Crippen molar-refractivity contribution in [3.63, 3.8) is 0 Å². The molecule has 0 aliphatic heterocycles. The predicted molar refractivity (Wildman–Crippen MR) is 235 cm³/mol. The minimum Gasteiger partial charge on any atom is -0.474 e. The van der Waals surface area contributed by atoms with E-state index in [9.17, 15) is 0 Å². The lowest BCUT2D eigenvalue weighted by Gasteiger charge is -2.51. The lowest BCUT2D eigenvalue weighted by molar-refractivity contribution is 0.00315. The van der Waals surface area contributed by atoms with Gasteiger partial charge >= 0.3 is 0 Å². The van der Waals surface area contributed by atoms with Crippen molar-refractivity contribution >= 4 is 54.5 Å². The van der Waals surface area contributed by atoms with Crippen molar-refractivity contribution in [2.24, 2.45) is 11.8 Å². The molecule has 7 rings (SSSR count). The van der Waals surface area contributed by atoms with E-state index in [0.717, 1.165) is 6.42 Å². The number of nitrogens with zero attached hydrogens (tertiary/aromatic N) is 4. The molecule has 0 saturated heterocycles. The molecule has 0 bridgehead atoms. The second-order valence-corrected chi connectivity index (χ2v) is 25.8. The Kier molecular flexibility index (Phi) is 11.9. The molecule has 2 N–H and O–H groups in total. The summed E-state index contributed by atoms with van der Waals surface area (Å²) < 4.78 is 28.7. The fourth-order valence-corrected chi connectivity index (χ4v) is 18.2. The molecule has 0 unspecified atom stereocenters. The van der Waals surface area contributed by atoms with Gasteiger partial charge in [-0.1, -0.05) is 163 Å². The first-order valence-corrected chi connectivity index (χ1v) is 23.8. The van der Waals surface area contributed by atoms with Crippen LogP contribution in [0.5, 0.6) is 5.88 Å². The zero-order chi connectivity index (χ0) is 40.3. The third-order valence-corrected chi connectivity index (χ3v) is 21.8. The molecule has 0 spiro atoms.